The summed E-state index contributed by atoms with van der Waals surface area (Å²) in [5, 5.41) is 0. The van der Waals surface area contributed by atoms with Crippen LogP contribution in [0.1, 0.15) is 12.1 Å². The Bertz CT molecular complexity index is 1250. The van der Waals surface area contributed by atoms with Crippen LogP contribution in [0.2, 0.25) is 0 Å². The van der Waals surface area contributed by atoms with Crippen LogP contribution in [-0.4, -0.2) is 38.9 Å². The number of halogens is 3. The number of anilines is 1. The predicted molar refractivity (Wildman–Crippen MR) is 109 cm³/mol. The number of aryl methyl sites for hydroxylation is 1. The van der Waals surface area contributed by atoms with Crippen LogP contribution in [0.5, 0.6) is 0 Å². The van der Waals surface area contributed by atoms with E-state index >= 15 is 0 Å². The van der Waals surface area contributed by atoms with E-state index in [4.69, 9.17) is 0 Å². The number of rotatable bonds is 3. The lowest BCUT2D eigenvalue weighted by Crippen LogP contribution is -2.26. The molecule has 0 aliphatic carbocycles. The monoisotopic (exact) mass is 409 g/mol. The van der Waals surface area contributed by atoms with Crippen LogP contribution in [0.3, 0.4) is 0 Å². The molecule has 30 heavy (non-hydrogen) atoms. The Kier molecular flexibility index (Phi) is 4.23. The summed E-state index contributed by atoms with van der Waals surface area (Å²) in [6, 6.07) is 9.88. The van der Waals surface area contributed by atoms with E-state index in [-0.39, 0.29) is 13.0 Å². The topological polar surface area (TPSA) is 57.7 Å². The van der Waals surface area contributed by atoms with Crippen molar-refractivity contribution < 1.29 is 13.2 Å². The van der Waals surface area contributed by atoms with Gasteiger partial charge in [0.1, 0.15) is 17.5 Å². The van der Waals surface area contributed by atoms with Crippen LogP contribution in [-0.2, 0) is 0 Å². The number of pyridine rings is 2. The van der Waals surface area contributed by atoms with Gasteiger partial charge in [0.15, 0.2) is 0 Å². The third-order valence-electron chi connectivity index (χ3n) is 5.31. The molecule has 0 amide bonds. The fourth-order valence-electron chi connectivity index (χ4n) is 3.87. The Morgan fingerprint density at radius 3 is 2.70 bits per heavy atom. The first-order chi connectivity index (χ1) is 14.4. The molecule has 152 valence electrons. The number of nitrogens with one attached hydrogen (secondary N) is 1. The fraction of sp³-hybridized carbons (Fsp3) is 0.227. The summed E-state index contributed by atoms with van der Waals surface area (Å²) >= 11 is 0. The third-order valence-corrected chi connectivity index (χ3v) is 5.31. The van der Waals surface area contributed by atoms with Crippen LogP contribution in [0.25, 0.3) is 33.5 Å². The van der Waals surface area contributed by atoms with E-state index in [0.29, 0.717) is 39.4 Å². The molecule has 0 saturated carbocycles. The molecule has 1 aromatic carbocycles. The van der Waals surface area contributed by atoms with Crippen molar-refractivity contribution in [3.05, 3.63) is 60.3 Å². The van der Waals surface area contributed by atoms with Gasteiger partial charge in [-0.2, -0.15) is 0 Å². The smallest absolute Gasteiger partial charge is 0.266 e. The van der Waals surface area contributed by atoms with Gasteiger partial charge in [-0.3, -0.25) is 4.98 Å². The predicted octanol–water partition coefficient (Wildman–Crippen LogP) is 4.98. The lowest BCUT2D eigenvalue weighted by atomic mass is 9.99. The van der Waals surface area contributed by atoms with E-state index in [0.717, 1.165) is 5.69 Å². The van der Waals surface area contributed by atoms with Gasteiger partial charge in [-0.05, 0) is 25.1 Å². The van der Waals surface area contributed by atoms with Crippen molar-refractivity contribution in [1.82, 2.24) is 19.9 Å². The Balaban J connectivity index is 1.76. The molecule has 0 atom stereocenters. The van der Waals surface area contributed by atoms with Gasteiger partial charge >= 0.3 is 0 Å². The SMILES string of the molecule is Cc1cc2nc(-c3c(-c4ccccc4F)ccnc3N3CCC(F)(F)C3)[nH]c2cn1. The zero-order valence-corrected chi connectivity index (χ0v) is 16.2. The third kappa shape index (κ3) is 3.18. The number of nitrogens with zero attached hydrogens (tertiary/aromatic N) is 4. The fourth-order valence-corrected chi connectivity index (χ4v) is 3.87. The summed E-state index contributed by atoms with van der Waals surface area (Å²) in [5.74, 6) is -2.40. The molecular formula is C22H18F3N5. The quantitative estimate of drug-likeness (QED) is 0.519. The summed E-state index contributed by atoms with van der Waals surface area (Å²) in [5.41, 5.74) is 3.60. The van der Waals surface area contributed by atoms with E-state index in [2.05, 4.69) is 19.9 Å². The summed E-state index contributed by atoms with van der Waals surface area (Å²) in [6.07, 6.45) is 2.94. The highest BCUT2D eigenvalue weighted by atomic mass is 19.3. The second-order valence-electron chi connectivity index (χ2n) is 7.49. The van der Waals surface area contributed by atoms with Gasteiger partial charge in [0.05, 0.1) is 29.3 Å². The molecule has 1 N–H and O–H groups in total. The number of imidazole rings is 1. The number of hydrogen-bond donors (Lipinski definition) is 1. The van der Waals surface area contributed by atoms with Gasteiger partial charge in [0, 0.05) is 36.0 Å². The van der Waals surface area contributed by atoms with Gasteiger partial charge in [-0.15, -0.1) is 0 Å². The molecule has 3 aromatic heterocycles. The average molecular weight is 409 g/mol. The van der Waals surface area contributed by atoms with Crippen molar-refractivity contribution >= 4 is 16.9 Å². The van der Waals surface area contributed by atoms with E-state index in [9.17, 15) is 13.2 Å². The Morgan fingerprint density at radius 1 is 1.10 bits per heavy atom. The normalized spacial score (nSPS) is 15.8. The maximum Gasteiger partial charge on any atom is 0.266 e. The molecule has 0 spiro atoms. The van der Waals surface area contributed by atoms with Gasteiger partial charge in [-0.1, -0.05) is 18.2 Å². The molecule has 0 bridgehead atoms. The molecule has 8 heteroatoms. The minimum Gasteiger partial charge on any atom is -0.350 e. The zero-order chi connectivity index (χ0) is 20.9. The van der Waals surface area contributed by atoms with Crippen molar-refractivity contribution in [3.63, 3.8) is 0 Å². The van der Waals surface area contributed by atoms with Crippen LogP contribution in [0.4, 0.5) is 19.0 Å². The molecule has 1 aliphatic heterocycles. The highest BCUT2D eigenvalue weighted by Crippen LogP contribution is 2.41. The Morgan fingerprint density at radius 2 is 1.93 bits per heavy atom. The number of hydrogen-bond acceptors (Lipinski definition) is 4. The van der Waals surface area contributed by atoms with Gasteiger partial charge < -0.3 is 9.88 Å². The summed E-state index contributed by atoms with van der Waals surface area (Å²) in [6.45, 7) is 1.59. The number of fused-ring (bicyclic) bond motifs is 1. The molecule has 1 saturated heterocycles. The second-order valence-corrected chi connectivity index (χ2v) is 7.49. The number of benzene rings is 1. The summed E-state index contributed by atoms with van der Waals surface area (Å²) in [4.78, 5) is 18.1. The lowest BCUT2D eigenvalue weighted by Gasteiger charge is -2.22. The molecule has 5 nitrogen and oxygen atoms in total. The highest BCUT2D eigenvalue weighted by Gasteiger charge is 2.40. The first-order valence-electron chi connectivity index (χ1n) is 9.61. The molecule has 1 fully saturated rings. The number of H-pyrrole nitrogens is 1. The Labute approximate surface area is 170 Å². The molecule has 5 rings (SSSR count). The van der Waals surface area contributed by atoms with Gasteiger partial charge in [0.25, 0.3) is 5.92 Å². The minimum absolute atomic E-state index is 0.161. The highest BCUT2D eigenvalue weighted by molar-refractivity contribution is 5.91. The van der Waals surface area contributed by atoms with Crippen LogP contribution in [0.15, 0.2) is 48.8 Å². The van der Waals surface area contributed by atoms with Crippen molar-refractivity contribution in [3.8, 4) is 22.5 Å². The maximum atomic E-state index is 14.7. The van der Waals surface area contributed by atoms with Crippen molar-refractivity contribution in [2.45, 2.75) is 19.3 Å². The number of aromatic amines is 1. The molecule has 4 heterocycles. The summed E-state index contributed by atoms with van der Waals surface area (Å²) in [7, 11) is 0. The van der Waals surface area contributed by atoms with E-state index < -0.39 is 18.3 Å². The standard InChI is InChI=1S/C22H18F3N5/c1-13-10-17-18(11-27-13)29-20(28-17)19-15(14-4-2-3-5-16(14)23)6-8-26-21(19)30-9-7-22(24,25)12-30/h2-6,8,10-11H,7,9,12H2,1H3,(H,28,29). The van der Waals surface area contributed by atoms with Crippen LogP contribution >= 0.6 is 0 Å². The van der Waals surface area contributed by atoms with E-state index in [1.807, 2.05) is 13.0 Å². The van der Waals surface area contributed by atoms with E-state index in [1.165, 1.54) is 17.2 Å². The first kappa shape index (κ1) is 18.6. The van der Waals surface area contributed by atoms with Gasteiger partial charge in [0.2, 0.25) is 0 Å². The van der Waals surface area contributed by atoms with Crippen LogP contribution in [0, 0.1) is 12.7 Å². The van der Waals surface area contributed by atoms with Crippen molar-refractivity contribution in [2.75, 3.05) is 18.0 Å². The van der Waals surface area contributed by atoms with Crippen molar-refractivity contribution in [1.29, 1.82) is 0 Å². The van der Waals surface area contributed by atoms with E-state index in [1.54, 1.807) is 30.5 Å². The minimum atomic E-state index is -2.79. The van der Waals surface area contributed by atoms with Gasteiger partial charge in [-0.25, -0.2) is 23.1 Å². The molecular weight excluding hydrogens is 391 g/mol. The summed E-state index contributed by atoms with van der Waals surface area (Å²) < 4.78 is 42.6. The maximum absolute atomic E-state index is 14.7. The Hall–Kier alpha value is -3.42. The second kappa shape index (κ2) is 6.83. The largest absolute Gasteiger partial charge is 0.350 e. The molecule has 4 aromatic rings. The molecule has 0 radical (unpaired) electrons. The zero-order valence-electron chi connectivity index (χ0n) is 16.2. The first-order valence-corrected chi connectivity index (χ1v) is 9.61. The number of aromatic nitrogens is 4. The number of alkyl halides is 2. The molecule has 0 unspecified atom stereocenters. The molecule has 1 aliphatic rings. The van der Waals surface area contributed by atoms with Crippen LogP contribution < -0.4 is 4.90 Å². The lowest BCUT2D eigenvalue weighted by molar-refractivity contribution is 0.0257. The van der Waals surface area contributed by atoms with Crippen molar-refractivity contribution in [2.24, 2.45) is 0 Å². The average Bonchev–Trinajstić information content (AvgIpc) is 3.30.